The minimum absolute atomic E-state index is 0.188. The fraction of sp³-hybridized carbons (Fsp3) is 0.273. The van der Waals surface area contributed by atoms with Gasteiger partial charge in [0.05, 0.1) is 0 Å². The van der Waals surface area contributed by atoms with Crippen LogP contribution in [0.2, 0.25) is 5.15 Å². The Balaban J connectivity index is 2.95. The van der Waals surface area contributed by atoms with E-state index >= 15 is 0 Å². The van der Waals surface area contributed by atoms with Gasteiger partial charge in [-0.05, 0) is 12.1 Å². The fourth-order valence-corrected chi connectivity index (χ4v) is 1.31. The summed E-state index contributed by atoms with van der Waals surface area (Å²) < 4.78 is 0. The highest BCUT2D eigenvalue weighted by Crippen LogP contribution is 2.16. The van der Waals surface area contributed by atoms with E-state index in [-0.39, 0.29) is 5.91 Å². The van der Waals surface area contributed by atoms with Gasteiger partial charge in [-0.25, -0.2) is 4.98 Å². The lowest BCUT2D eigenvalue weighted by Gasteiger charge is -2.12. The Labute approximate surface area is 99.9 Å². The van der Waals surface area contributed by atoms with Gasteiger partial charge in [-0.3, -0.25) is 4.79 Å². The van der Waals surface area contributed by atoms with Crippen molar-refractivity contribution in [1.29, 1.82) is 0 Å². The maximum atomic E-state index is 11.7. The molecule has 1 rings (SSSR count). The summed E-state index contributed by atoms with van der Waals surface area (Å²) in [6.45, 7) is 3.95. The van der Waals surface area contributed by atoms with E-state index in [1.807, 2.05) is 14.1 Å². The van der Waals surface area contributed by atoms with Crippen LogP contribution < -0.4 is 10.2 Å². The smallest absolute Gasteiger partial charge is 0.251 e. The van der Waals surface area contributed by atoms with Crippen LogP contribution in [-0.4, -0.2) is 31.5 Å². The summed E-state index contributed by atoms with van der Waals surface area (Å²) in [5.74, 6) is 0.462. The molecule has 5 heteroatoms. The summed E-state index contributed by atoms with van der Waals surface area (Å²) in [4.78, 5) is 17.5. The van der Waals surface area contributed by atoms with Gasteiger partial charge in [0.1, 0.15) is 11.0 Å². The van der Waals surface area contributed by atoms with Crippen molar-refractivity contribution in [3.63, 3.8) is 0 Å². The molecular weight excluding hydrogens is 226 g/mol. The van der Waals surface area contributed by atoms with Crippen LogP contribution in [0, 0.1) is 0 Å². The summed E-state index contributed by atoms with van der Waals surface area (Å²) in [5, 5.41) is 2.98. The van der Waals surface area contributed by atoms with E-state index in [9.17, 15) is 4.79 Å². The second-order valence-corrected chi connectivity index (χ2v) is 3.82. The van der Waals surface area contributed by atoms with E-state index < -0.39 is 0 Å². The molecule has 0 aliphatic rings. The number of anilines is 1. The number of carbonyl (C=O) groups excluding carboxylic acids is 1. The van der Waals surface area contributed by atoms with Crippen LogP contribution >= 0.6 is 11.6 Å². The molecule has 0 bridgehead atoms. The van der Waals surface area contributed by atoms with Crippen LogP contribution in [0.4, 0.5) is 5.82 Å². The summed E-state index contributed by atoms with van der Waals surface area (Å²) in [7, 11) is 3.67. The molecule has 0 aliphatic carbocycles. The number of aromatic nitrogens is 1. The number of halogens is 1. The van der Waals surface area contributed by atoms with Gasteiger partial charge in [0.2, 0.25) is 0 Å². The molecule has 16 heavy (non-hydrogen) atoms. The van der Waals surface area contributed by atoms with E-state index in [1.54, 1.807) is 17.0 Å². The summed E-state index contributed by atoms with van der Waals surface area (Å²) >= 11 is 5.83. The number of nitrogens with zero attached hydrogens (tertiary/aromatic N) is 2. The molecule has 0 fully saturated rings. The molecule has 1 aromatic rings. The molecular formula is C11H14ClN3O. The third-order valence-corrected chi connectivity index (χ3v) is 2.10. The number of amides is 1. The highest BCUT2D eigenvalue weighted by atomic mass is 35.5. The predicted molar refractivity (Wildman–Crippen MR) is 66.1 cm³/mol. The summed E-state index contributed by atoms with van der Waals surface area (Å²) in [5.41, 5.74) is 0.491. The number of rotatable bonds is 4. The maximum Gasteiger partial charge on any atom is 0.251 e. The molecule has 0 saturated heterocycles. The van der Waals surface area contributed by atoms with Crippen molar-refractivity contribution in [2.24, 2.45) is 0 Å². The van der Waals surface area contributed by atoms with E-state index in [0.29, 0.717) is 23.1 Å². The first kappa shape index (κ1) is 12.5. The summed E-state index contributed by atoms with van der Waals surface area (Å²) in [6, 6.07) is 3.22. The van der Waals surface area contributed by atoms with Crippen molar-refractivity contribution in [2.45, 2.75) is 0 Å². The number of carbonyl (C=O) groups is 1. The topological polar surface area (TPSA) is 45.2 Å². The quantitative estimate of drug-likeness (QED) is 0.643. The molecule has 4 nitrogen and oxygen atoms in total. The van der Waals surface area contributed by atoms with Gasteiger partial charge >= 0.3 is 0 Å². The van der Waals surface area contributed by atoms with Crippen LogP contribution in [0.15, 0.2) is 24.8 Å². The van der Waals surface area contributed by atoms with E-state index in [1.165, 1.54) is 6.07 Å². The van der Waals surface area contributed by atoms with Crippen LogP contribution in [0.3, 0.4) is 0 Å². The average Bonchev–Trinajstić information content (AvgIpc) is 2.24. The van der Waals surface area contributed by atoms with Gasteiger partial charge in [0.25, 0.3) is 5.91 Å². The SMILES string of the molecule is C=CCNC(=O)c1cc(Cl)nc(N(C)C)c1. The second kappa shape index (κ2) is 5.51. The maximum absolute atomic E-state index is 11.7. The Morgan fingerprint density at radius 1 is 1.62 bits per heavy atom. The van der Waals surface area contributed by atoms with Crippen molar-refractivity contribution < 1.29 is 4.79 Å². The lowest BCUT2D eigenvalue weighted by Crippen LogP contribution is -2.23. The Hall–Kier alpha value is -1.55. The molecule has 1 heterocycles. The standard InChI is InChI=1S/C11H14ClN3O/c1-4-5-13-11(16)8-6-9(12)14-10(7-8)15(2)3/h4,6-7H,1,5H2,2-3H3,(H,13,16). The Kier molecular flexibility index (Phi) is 4.31. The molecule has 1 N–H and O–H groups in total. The molecule has 0 radical (unpaired) electrons. The number of pyridine rings is 1. The molecule has 0 spiro atoms. The Morgan fingerprint density at radius 3 is 2.88 bits per heavy atom. The molecule has 86 valence electrons. The first-order valence-corrected chi connectivity index (χ1v) is 5.16. The minimum Gasteiger partial charge on any atom is -0.363 e. The van der Waals surface area contributed by atoms with Crippen LogP contribution in [0.1, 0.15) is 10.4 Å². The van der Waals surface area contributed by atoms with Gasteiger partial charge in [-0.1, -0.05) is 17.7 Å². The van der Waals surface area contributed by atoms with Gasteiger partial charge in [0, 0.05) is 26.2 Å². The zero-order chi connectivity index (χ0) is 12.1. The third-order valence-electron chi connectivity index (χ3n) is 1.91. The lowest BCUT2D eigenvalue weighted by atomic mass is 10.2. The molecule has 0 aliphatic heterocycles. The molecule has 0 aromatic carbocycles. The van der Waals surface area contributed by atoms with Gasteiger partial charge in [-0.2, -0.15) is 0 Å². The minimum atomic E-state index is -0.188. The fourth-order valence-electron chi connectivity index (χ4n) is 1.11. The normalized spacial score (nSPS) is 9.69. The third kappa shape index (κ3) is 3.24. The second-order valence-electron chi connectivity index (χ2n) is 3.43. The first-order valence-electron chi connectivity index (χ1n) is 4.78. The van der Waals surface area contributed by atoms with E-state index in [2.05, 4.69) is 16.9 Å². The molecule has 0 atom stereocenters. The van der Waals surface area contributed by atoms with Crippen LogP contribution in [-0.2, 0) is 0 Å². The zero-order valence-corrected chi connectivity index (χ0v) is 10.1. The van der Waals surface area contributed by atoms with Crippen LogP contribution in [0.25, 0.3) is 0 Å². The van der Waals surface area contributed by atoms with Crippen molar-refractivity contribution >= 4 is 23.3 Å². The predicted octanol–water partition coefficient (Wildman–Crippen LogP) is 1.72. The average molecular weight is 240 g/mol. The number of nitrogens with one attached hydrogen (secondary N) is 1. The summed E-state index contributed by atoms with van der Waals surface area (Å²) in [6.07, 6.45) is 1.62. The van der Waals surface area contributed by atoms with E-state index in [0.717, 1.165) is 0 Å². The zero-order valence-electron chi connectivity index (χ0n) is 9.33. The largest absolute Gasteiger partial charge is 0.363 e. The van der Waals surface area contributed by atoms with Crippen molar-refractivity contribution in [2.75, 3.05) is 25.5 Å². The van der Waals surface area contributed by atoms with Crippen molar-refractivity contribution in [3.05, 3.63) is 35.5 Å². The highest BCUT2D eigenvalue weighted by molar-refractivity contribution is 6.29. The van der Waals surface area contributed by atoms with Gasteiger partial charge < -0.3 is 10.2 Å². The lowest BCUT2D eigenvalue weighted by molar-refractivity contribution is 0.0958. The monoisotopic (exact) mass is 239 g/mol. The van der Waals surface area contributed by atoms with Gasteiger partial charge in [-0.15, -0.1) is 6.58 Å². The Bertz CT molecular complexity index is 404. The number of hydrogen-bond donors (Lipinski definition) is 1. The highest BCUT2D eigenvalue weighted by Gasteiger charge is 2.09. The molecule has 0 unspecified atom stereocenters. The van der Waals surface area contributed by atoms with E-state index in [4.69, 9.17) is 11.6 Å². The van der Waals surface area contributed by atoms with Crippen LogP contribution in [0.5, 0.6) is 0 Å². The van der Waals surface area contributed by atoms with Crippen molar-refractivity contribution in [1.82, 2.24) is 10.3 Å². The molecule has 1 amide bonds. The van der Waals surface area contributed by atoms with Gasteiger partial charge in [0.15, 0.2) is 0 Å². The number of hydrogen-bond acceptors (Lipinski definition) is 3. The first-order chi connectivity index (χ1) is 7.54. The molecule has 0 saturated carbocycles. The van der Waals surface area contributed by atoms with Crippen molar-refractivity contribution in [3.8, 4) is 0 Å². The molecule has 1 aromatic heterocycles. The Morgan fingerprint density at radius 2 is 2.31 bits per heavy atom.